The van der Waals surface area contributed by atoms with Crippen molar-refractivity contribution in [2.75, 3.05) is 0 Å². The van der Waals surface area contributed by atoms with Crippen molar-refractivity contribution in [1.29, 1.82) is 0 Å². The molecule has 0 amide bonds. The number of hydrogen-bond donors (Lipinski definition) is 0. The maximum absolute atomic E-state index is 12.6. The van der Waals surface area contributed by atoms with E-state index in [4.69, 9.17) is 11.6 Å². The predicted molar refractivity (Wildman–Crippen MR) is 39.1 cm³/mol. The molecule has 58 valence electrons. The number of carbonyl (C=O) groups excluding carboxylic acids is 1. The van der Waals surface area contributed by atoms with Crippen LogP contribution in [0.2, 0.25) is 0 Å². The predicted octanol–water partition coefficient (Wildman–Crippen LogP) is 1.91. The van der Waals surface area contributed by atoms with Gasteiger partial charge in [-0.2, -0.15) is 4.39 Å². The molecule has 0 aliphatic rings. The van der Waals surface area contributed by atoms with Crippen LogP contribution in [0.3, 0.4) is 0 Å². The van der Waals surface area contributed by atoms with Crippen LogP contribution in [0.5, 0.6) is 0 Å². The number of aryl methyl sites for hydroxylation is 1. The van der Waals surface area contributed by atoms with Crippen LogP contribution in [0.1, 0.15) is 16.1 Å². The molecule has 0 radical (unpaired) electrons. The highest BCUT2D eigenvalue weighted by molar-refractivity contribution is 6.67. The Morgan fingerprint density at radius 2 is 2.27 bits per heavy atom. The molecular formula is C7H5ClFNO. The molecule has 0 unspecified atom stereocenters. The van der Waals surface area contributed by atoms with Crippen molar-refractivity contribution in [3.05, 3.63) is 29.3 Å². The lowest BCUT2D eigenvalue weighted by Crippen LogP contribution is -1.97. The van der Waals surface area contributed by atoms with E-state index < -0.39 is 11.2 Å². The third-order valence-corrected chi connectivity index (χ3v) is 1.43. The van der Waals surface area contributed by atoms with E-state index >= 15 is 0 Å². The monoisotopic (exact) mass is 173 g/mol. The normalized spacial score (nSPS) is 9.73. The molecule has 0 N–H and O–H groups in total. The minimum absolute atomic E-state index is 0.0604. The van der Waals surface area contributed by atoms with E-state index in [0.29, 0.717) is 5.56 Å². The second-order valence-electron chi connectivity index (χ2n) is 2.08. The third-order valence-electron chi connectivity index (χ3n) is 1.24. The van der Waals surface area contributed by atoms with Crippen LogP contribution in [0.4, 0.5) is 4.39 Å². The molecule has 0 spiro atoms. The minimum Gasteiger partial charge on any atom is -0.274 e. The SMILES string of the molecule is Cc1ccc(C(=O)Cl)nc1F. The van der Waals surface area contributed by atoms with Crippen molar-refractivity contribution in [2.45, 2.75) is 6.92 Å². The molecule has 0 saturated carbocycles. The first-order chi connectivity index (χ1) is 5.11. The number of pyridine rings is 1. The Kier molecular flexibility index (Phi) is 2.19. The van der Waals surface area contributed by atoms with Crippen molar-refractivity contribution in [1.82, 2.24) is 4.98 Å². The minimum atomic E-state index is -0.746. The summed E-state index contributed by atoms with van der Waals surface area (Å²) >= 11 is 5.06. The van der Waals surface area contributed by atoms with E-state index in [1.54, 1.807) is 6.92 Å². The molecule has 1 rings (SSSR count). The molecule has 0 saturated heterocycles. The number of rotatable bonds is 1. The summed E-state index contributed by atoms with van der Waals surface area (Å²) in [4.78, 5) is 13.8. The summed E-state index contributed by atoms with van der Waals surface area (Å²) in [6, 6.07) is 2.84. The van der Waals surface area contributed by atoms with Crippen molar-refractivity contribution in [2.24, 2.45) is 0 Å². The summed E-state index contributed by atoms with van der Waals surface area (Å²) in [6.07, 6.45) is 0. The molecular weight excluding hydrogens is 169 g/mol. The van der Waals surface area contributed by atoms with E-state index in [-0.39, 0.29) is 5.69 Å². The van der Waals surface area contributed by atoms with E-state index in [9.17, 15) is 9.18 Å². The van der Waals surface area contributed by atoms with Crippen molar-refractivity contribution >= 4 is 16.8 Å². The van der Waals surface area contributed by atoms with Gasteiger partial charge in [-0.25, -0.2) is 4.98 Å². The molecule has 0 atom stereocenters. The fourth-order valence-electron chi connectivity index (χ4n) is 0.613. The molecule has 2 nitrogen and oxygen atoms in total. The Balaban J connectivity index is 3.15. The summed E-state index contributed by atoms with van der Waals surface area (Å²) in [5.74, 6) is -0.656. The van der Waals surface area contributed by atoms with Crippen LogP contribution in [0.15, 0.2) is 12.1 Å². The first-order valence-electron chi connectivity index (χ1n) is 2.94. The largest absolute Gasteiger partial charge is 0.274 e. The number of nitrogens with zero attached hydrogens (tertiary/aromatic N) is 1. The molecule has 0 aliphatic heterocycles. The number of carbonyl (C=O) groups is 1. The Hall–Kier alpha value is -0.960. The summed E-state index contributed by atoms with van der Waals surface area (Å²) in [5, 5.41) is -0.746. The summed E-state index contributed by atoms with van der Waals surface area (Å²) in [7, 11) is 0. The fourth-order valence-corrected chi connectivity index (χ4v) is 0.719. The Bertz CT molecular complexity index is 300. The first-order valence-corrected chi connectivity index (χ1v) is 3.32. The van der Waals surface area contributed by atoms with Crippen LogP contribution < -0.4 is 0 Å². The molecule has 1 aromatic heterocycles. The first kappa shape index (κ1) is 8.14. The van der Waals surface area contributed by atoms with Gasteiger partial charge in [0, 0.05) is 5.56 Å². The molecule has 0 aromatic carbocycles. The number of aromatic nitrogens is 1. The zero-order chi connectivity index (χ0) is 8.43. The topological polar surface area (TPSA) is 30.0 Å². The summed E-state index contributed by atoms with van der Waals surface area (Å²) in [5.41, 5.74) is 0.335. The lowest BCUT2D eigenvalue weighted by atomic mass is 10.3. The maximum Gasteiger partial charge on any atom is 0.270 e. The van der Waals surface area contributed by atoms with Gasteiger partial charge in [0.2, 0.25) is 5.95 Å². The Labute approximate surface area is 68.0 Å². The molecule has 0 aliphatic carbocycles. The van der Waals surface area contributed by atoms with Crippen molar-refractivity contribution < 1.29 is 9.18 Å². The van der Waals surface area contributed by atoms with E-state index in [0.717, 1.165) is 0 Å². The average molecular weight is 174 g/mol. The second kappa shape index (κ2) is 2.96. The molecule has 4 heteroatoms. The van der Waals surface area contributed by atoms with Crippen molar-refractivity contribution in [3.8, 4) is 0 Å². The van der Waals surface area contributed by atoms with Crippen LogP contribution in [-0.2, 0) is 0 Å². The van der Waals surface area contributed by atoms with E-state index in [1.807, 2.05) is 0 Å². The zero-order valence-corrected chi connectivity index (χ0v) is 6.52. The molecule has 0 fully saturated rings. The lowest BCUT2D eigenvalue weighted by molar-refractivity contribution is 0.107. The summed E-state index contributed by atoms with van der Waals surface area (Å²) < 4.78 is 12.6. The molecule has 0 bridgehead atoms. The van der Waals surface area contributed by atoms with E-state index in [1.165, 1.54) is 12.1 Å². The Morgan fingerprint density at radius 3 is 2.73 bits per heavy atom. The molecule has 1 heterocycles. The molecule has 1 aromatic rings. The fraction of sp³-hybridized carbons (Fsp3) is 0.143. The zero-order valence-electron chi connectivity index (χ0n) is 5.77. The summed E-state index contributed by atoms with van der Waals surface area (Å²) in [6.45, 7) is 1.56. The van der Waals surface area contributed by atoms with Crippen LogP contribution >= 0.6 is 11.6 Å². The third kappa shape index (κ3) is 1.74. The Morgan fingerprint density at radius 1 is 1.64 bits per heavy atom. The standard InChI is InChI=1S/C7H5ClFNO/c1-4-2-3-5(6(8)11)10-7(4)9/h2-3H,1H3. The molecule has 11 heavy (non-hydrogen) atoms. The lowest BCUT2D eigenvalue weighted by Gasteiger charge is -1.95. The van der Waals surface area contributed by atoms with Gasteiger partial charge in [-0.1, -0.05) is 6.07 Å². The highest BCUT2D eigenvalue weighted by Crippen LogP contribution is 2.06. The van der Waals surface area contributed by atoms with E-state index in [2.05, 4.69) is 4.98 Å². The van der Waals surface area contributed by atoms with Gasteiger partial charge in [0.1, 0.15) is 5.69 Å². The van der Waals surface area contributed by atoms with Crippen LogP contribution in [0, 0.1) is 12.9 Å². The van der Waals surface area contributed by atoms with Gasteiger partial charge in [0.25, 0.3) is 5.24 Å². The highest BCUT2D eigenvalue weighted by Gasteiger charge is 2.05. The van der Waals surface area contributed by atoms with Gasteiger partial charge in [-0.15, -0.1) is 0 Å². The van der Waals surface area contributed by atoms with Crippen LogP contribution in [0.25, 0.3) is 0 Å². The van der Waals surface area contributed by atoms with Gasteiger partial charge in [-0.05, 0) is 24.6 Å². The maximum atomic E-state index is 12.6. The average Bonchev–Trinajstić information content (AvgIpc) is 1.94. The van der Waals surface area contributed by atoms with Crippen LogP contribution in [-0.4, -0.2) is 10.2 Å². The van der Waals surface area contributed by atoms with Gasteiger partial charge >= 0.3 is 0 Å². The van der Waals surface area contributed by atoms with Gasteiger partial charge in [-0.3, -0.25) is 4.79 Å². The number of hydrogen-bond acceptors (Lipinski definition) is 2. The smallest absolute Gasteiger partial charge is 0.270 e. The quantitative estimate of drug-likeness (QED) is 0.480. The van der Waals surface area contributed by atoms with Gasteiger partial charge < -0.3 is 0 Å². The second-order valence-corrected chi connectivity index (χ2v) is 2.42. The van der Waals surface area contributed by atoms with Crippen molar-refractivity contribution in [3.63, 3.8) is 0 Å². The number of halogens is 2. The highest BCUT2D eigenvalue weighted by atomic mass is 35.5. The van der Waals surface area contributed by atoms with Gasteiger partial charge in [0.15, 0.2) is 0 Å². The van der Waals surface area contributed by atoms with Gasteiger partial charge in [0.05, 0.1) is 0 Å².